The van der Waals surface area contributed by atoms with Crippen molar-refractivity contribution in [3.05, 3.63) is 0 Å². The second-order valence-electron chi connectivity index (χ2n) is 3.04. The molecule has 12 heavy (non-hydrogen) atoms. The number of halogens is 1. The zero-order valence-electron chi connectivity index (χ0n) is 8.99. The van der Waals surface area contributed by atoms with E-state index in [-0.39, 0.29) is 5.48 Å². The van der Waals surface area contributed by atoms with Gasteiger partial charge in [-0.2, -0.15) is 0 Å². The summed E-state index contributed by atoms with van der Waals surface area (Å²) in [6.45, 7) is 6.89. The summed E-state index contributed by atoms with van der Waals surface area (Å²) in [6, 6.07) is 0. The van der Waals surface area contributed by atoms with Gasteiger partial charge in [0.1, 0.15) is 0 Å². The van der Waals surface area contributed by atoms with E-state index in [4.69, 9.17) is 0 Å². The van der Waals surface area contributed by atoms with Crippen LogP contribution in [0.15, 0.2) is 0 Å². The maximum Gasteiger partial charge on any atom is 0.0785 e. The molecule has 0 aliphatic carbocycles. The average molecular weight is 180 g/mol. The molecule has 0 bridgehead atoms. The van der Waals surface area contributed by atoms with Crippen molar-refractivity contribution in [2.24, 2.45) is 5.92 Å². The van der Waals surface area contributed by atoms with Gasteiger partial charge in [-0.15, -0.1) is 0 Å². The maximum absolute atomic E-state index is 9.50. The van der Waals surface area contributed by atoms with Crippen LogP contribution in [0.2, 0.25) is 0 Å². The zero-order chi connectivity index (χ0) is 9.11. The van der Waals surface area contributed by atoms with Crippen molar-refractivity contribution in [1.82, 2.24) is 0 Å². The Hall–Kier alpha value is -0.110. The highest BCUT2D eigenvalue weighted by atomic mass is 19.1. The van der Waals surface area contributed by atoms with Crippen LogP contribution < -0.4 is 0 Å². The molecule has 0 radical (unpaired) electrons. The molecular weight excluding hydrogens is 155 g/mol. The lowest BCUT2D eigenvalue weighted by Crippen LogP contribution is -1.92. The van der Waals surface area contributed by atoms with Crippen LogP contribution in [0.3, 0.4) is 0 Å². The summed E-state index contributed by atoms with van der Waals surface area (Å²) < 4.78 is 9.50. The lowest BCUT2D eigenvalue weighted by atomic mass is 10.00. The Labute approximate surface area is 76.7 Å². The van der Waals surface area contributed by atoms with E-state index >= 15 is 0 Å². The normalized spacial score (nSPS) is 10.8. The third-order valence-corrected chi connectivity index (χ3v) is 1.83. The Morgan fingerprint density at radius 2 is 1.50 bits per heavy atom. The first-order chi connectivity index (χ1) is 5.31. The van der Waals surface area contributed by atoms with Crippen molar-refractivity contribution < 1.29 is 9.87 Å². The van der Waals surface area contributed by atoms with Gasteiger partial charge in [-0.1, -0.05) is 52.9 Å². The Balaban J connectivity index is -0.000000249. The summed E-state index contributed by atoms with van der Waals surface area (Å²) in [7, 11) is 0.500. The van der Waals surface area contributed by atoms with E-state index in [1.807, 2.05) is 0 Å². The Morgan fingerprint density at radius 1 is 1.00 bits per heavy atom. The van der Waals surface area contributed by atoms with E-state index < -0.39 is 0 Å². The molecule has 0 aliphatic rings. The van der Waals surface area contributed by atoms with Crippen LogP contribution in [-0.4, -0.2) is 12.7 Å². The van der Waals surface area contributed by atoms with Gasteiger partial charge in [-0.3, -0.25) is 4.39 Å². The minimum atomic E-state index is 0. The molecule has 0 aromatic rings. The summed E-state index contributed by atoms with van der Waals surface area (Å²) in [5.74, 6) is 0.968. The highest BCUT2D eigenvalue weighted by molar-refractivity contribution is 4.50. The molecule has 0 amide bonds. The molecule has 1 unspecified atom stereocenters. The number of rotatable bonds is 5. The van der Waals surface area contributed by atoms with Gasteiger partial charge in [-0.05, 0) is 5.92 Å². The van der Waals surface area contributed by atoms with Crippen molar-refractivity contribution in [3.8, 4) is 0 Å². The smallest absolute Gasteiger partial charge is 0.0785 e. The summed E-state index contributed by atoms with van der Waals surface area (Å²) in [4.78, 5) is 0. The number of hydrogen-bond donors (Lipinski definition) is 0. The van der Waals surface area contributed by atoms with E-state index in [9.17, 15) is 4.39 Å². The topological polar surface area (TPSA) is 31.5 Å². The molecule has 1 nitrogen and oxygen atoms in total. The van der Waals surface area contributed by atoms with Crippen LogP contribution in [0.4, 0.5) is 4.39 Å². The molecule has 78 valence electrons. The Bertz CT molecular complexity index is 57.8. The second-order valence-corrected chi connectivity index (χ2v) is 3.04. The van der Waals surface area contributed by atoms with Crippen LogP contribution in [0.5, 0.6) is 0 Å². The zero-order valence-corrected chi connectivity index (χ0v) is 8.99. The van der Waals surface area contributed by atoms with Gasteiger partial charge in [0.05, 0.1) is 7.18 Å². The van der Waals surface area contributed by atoms with E-state index in [0.717, 1.165) is 5.92 Å². The largest absolute Gasteiger partial charge is 0.412 e. The molecule has 0 saturated carbocycles. The molecule has 0 fully saturated rings. The molecule has 1 atom stereocenters. The van der Waals surface area contributed by atoms with Crippen molar-refractivity contribution >= 4 is 0 Å². The molecule has 0 spiro atoms. The number of unbranched alkanes of at least 4 members (excludes halogenated alkanes) is 1. The molecule has 0 saturated heterocycles. The summed E-state index contributed by atoms with van der Waals surface area (Å²) in [5.41, 5.74) is 0. The molecule has 2 heteroatoms. The van der Waals surface area contributed by atoms with Crippen molar-refractivity contribution in [2.75, 3.05) is 7.18 Å². The van der Waals surface area contributed by atoms with Gasteiger partial charge in [0.2, 0.25) is 0 Å². The molecule has 0 heterocycles. The van der Waals surface area contributed by atoms with Crippen molar-refractivity contribution in [3.63, 3.8) is 0 Å². The van der Waals surface area contributed by atoms with E-state index in [1.165, 1.54) is 32.1 Å². The summed E-state index contributed by atoms with van der Waals surface area (Å²) in [6.07, 6.45) is 6.98. The minimum Gasteiger partial charge on any atom is -0.412 e. The summed E-state index contributed by atoms with van der Waals surface area (Å²) in [5, 5.41) is 0. The molecular formula is C10H25FO. The monoisotopic (exact) mass is 180 g/mol. The van der Waals surface area contributed by atoms with Crippen molar-refractivity contribution in [2.45, 2.75) is 52.9 Å². The molecule has 0 aromatic carbocycles. The van der Waals surface area contributed by atoms with Gasteiger partial charge in [-0.25, -0.2) is 0 Å². The fourth-order valence-electron chi connectivity index (χ4n) is 1.19. The van der Waals surface area contributed by atoms with Gasteiger partial charge >= 0.3 is 0 Å². The van der Waals surface area contributed by atoms with Gasteiger partial charge in [0.15, 0.2) is 0 Å². The van der Waals surface area contributed by atoms with E-state index in [0.29, 0.717) is 7.18 Å². The Kier molecular flexibility index (Phi) is 25.4. The van der Waals surface area contributed by atoms with Crippen molar-refractivity contribution in [1.29, 1.82) is 0 Å². The predicted molar refractivity (Wildman–Crippen MR) is 54.2 cm³/mol. The quantitative estimate of drug-likeness (QED) is 0.621. The first kappa shape index (κ1) is 17.8. The maximum atomic E-state index is 9.50. The Morgan fingerprint density at radius 3 is 1.83 bits per heavy atom. The number of alkyl halides is 1. The third kappa shape index (κ3) is 16.5. The first-order valence-electron chi connectivity index (χ1n) is 4.69. The predicted octanol–water partition coefficient (Wildman–Crippen LogP) is 3.37. The van der Waals surface area contributed by atoms with E-state index in [2.05, 4.69) is 20.8 Å². The van der Waals surface area contributed by atoms with Crippen LogP contribution in [-0.2, 0) is 0 Å². The van der Waals surface area contributed by atoms with Crippen LogP contribution in [0.1, 0.15) is 52.9 Å². The van der Waals surface area contributed by atoms with Gasteiger partial charge < -0.3 is 5.48 Å². The molecule has 2 N–H and O–H groups in total. The fourth-order valence-corrected chi connectivity index (χ4v) is 1.19. The minimum absolute atomic E-state index is 0. The van der Waals surface area contributed by atoms with Crippen LogP contribution >= 0.6 is 0 Å². The lowest BCUT2D eigenvalue weighted by molar-refractivity contribution is 0.466. The SMILES string of the molecule is CCCCC(C)CCC.CF.O. The average Bonchev–Trinajstić information content (AvgIpc) is 2.05. The number of hydrogen-bond acceptors (Lipinski definition) is 0. The first-order valence-corrected chi connectivity index (χ1v) is 4.69. The highest BCUT2D eigenvalue weighted by Crippen LogP contribution is 2.12. The van der Waals surface area contributed by atoms with Crippen LogP contribution in [0.25, 0.3) is 0 Å². The third-order valence-electron chi connectivity index (χ3n) is 1.83. The fraction of sp³-hybridized carbons (Fsp3) is 1.00. The molecule has 0 rings (SSSR count). The van der Waals surface area contributed by atoms with E-state index in [1.54, 1.807) is 0 Å². The molecule has 0 aromatic heterocycles. The second kappa shape index (κ2) is 17.1. The lowest BCUT2D eigenvalue weighted by Gasteiger charge is -2.07. The highest BCUT2D eigenvalue weighted by Gasteiger charge is 1.97. The van der Waals surface area contributed by atoms with Crippen LogP contribution in [0, 0.1) is 5.92 Å². The summed E-state index contributed by atoms with van der Waals surface area (Å²) >= 11 is 0. The van der Waals surface area contributed by atoms with Gasteiger partial charge in [0.25, 0.3) is 0 Å². The molecule has 0 aliphatic heterocycles. The standard InChI is InChI=1S/C9H20.CH3F.H2O/c1-4-6-8-9(3)7-5-2;1-2;/h9H,4-8H2,1-3H3;1H3;1H2. The van der Waals surface area contributed by atoms with Gasteiger partial charge in [0, 0.05) is 0 Å².